The van der Waals surface area contributed by atoms with Gasteiger partial charge in [0.1, 0.15) is 0 Å². The molecule has 0 saturated carbocycles. The molecule has 0 spiro atoms. The average Bonchev–Trinajstić information content (AvgIpc) is 2.62. The molecule has 2 unspecified atom stereocenters. The first-order valence-corrected chi connectivity index (χ1v) is 5.04. The predicted octanol–water partition coefficient (Wildman–Crippen LogP) is -0.221. The first-order chi connectivity index (χ1) is 7.63. The second-order valence-electron chi connectivity index (χ2n) is 4.08. The van der Waals surface area contributed by atoms with Gasteiger partial charge in [0.2, 0.25) is 5.91 Å². The smallest absolute Gasteiger partial charge is 0.235 e. The molecule has 6 heteroatoms. The lowest BCUT2D eigenvalue weighted by molar-refractivity contribution is -0.125. The summed E-state index contributed by atoms with van der Waals surface area (Å²) < 4.78 is 5.21. The van der Waals surface area contributed by atoms with Crippen molar-refractivity contribution in [3.63, 3.8) is 0 Å². The summed E-state index contributed by atoms with van der Waals surface area (Å²) in [6.07, 6.45) is 4.55. The van der Waals surface area contributed by atoms with E-state index in [1.807, 2.05) is 0 Å². The molecule has 6 nitrogen and oxygen atoms in total. The number of carbonyl (C=O) groups excluding carboxylic acids is 1. The molecule has 86 valence electrons. The summed E-state index contributed by atoms with van der Waals surface area (Å²) in [7, 11) is 0. The van der Waals surface area contributed by atoms with Crippen LogP contribution in [-0.4, -0.2) is 35.1 Å². The van der Waals surface area contributed by atoms with Crippen LogP contribution in [0, 0.1) is 5.41 Å². The molecule has 2 atom stereocenters. The molecule has 1 aliphatic heterocycles. The molecule has 0 radical (unpaired) electrons. The Balaban J connectivity index is 2.09. The van der Waals surface area contributed by atoms with E-state index in [-0.39, 0.29) is 11.9 Å². The van der Waals surface area contributed by atoms with Crippen LogP contribution in [0.25, 0.3) is 0 Å². The Bertz CT molecular complexity index is 384. The second kappa shape index (κ2) is 4.15. The Morgan fingerprint density at radius 2 is 2.50 bits per heavy atom. The van der Waals surface area contributed by atoms with Crippen LogP contribution in [0.15, 0.2) is 18.6 Å². The normalized spacial score (nSPS) is 29.0. The summed E-state index contributed by atoms with van der Waals surface area (Å²) in [6.45, 7) is 2.53. The topological polar surface area (TPSA) is 90.1 Å². The highest BCUT2D eigenvalue weighted by atomic mass is 16.5. The highest BCUT2D eigenvalue weighted by Gasteiger charge is 2.44. The molecule has 0 aliphatic carbocycles. The second-order valence-corrected chi connectivity index (χ2v) is 4.08. The summed E-state index contributed by atoms with van der Waals surface area (Å²) in [5.41, 5.74) is 5.15. The number of hydrogen-bond donors (Lipinski definition) is 2. The Kier molecular flexibility index (Phi) is 2.84. The van der Waals surface area contributed by atoms with Gasteiger partial charge in [-0.25, -0.2) is 4.98 Å². The van der Waals surface area contributed by atoms with Crippen molar-refractivity contribution in [2.45, 2.75) is 13.0 Å². The van der Waals surface area contributed by atoms with Crippen molar-refractivity contribution in [1.82, 2.24) is 9.97 Å². The van der Waals surface area contributed by atoms with E-state index in [2.05, 4.69) is 15.3 Å². The number of amides is 1. The predicted molar refractivity (Wildman–Crippen MR) is 57.6 cm³/mol. The van der Waals surface area contributed by atoms with Crippen LogP contribution in [0.2, 0.25) is 0 Å². The highest BCUT2D eigenvalue weighted by molar-refractivity contribution is 5.95. The number of rotatable bonds is 2. The van der Waals surface area contributed by atoms with E-state index >= 15 is 0 Å². The summed E-state index contributed by atoms with van der Waals surface area (Å²) in [4.78, 5) is 19.8. The standard InChI is InChI=1S/C10H14N4O2/c1-10(6-16-5-7(10)11)9(15)14-8-4-12-2-3-13-8/h2-4,7H,5-6,11H2,1H3,(H,13,14,15). The van der Waals surface area contributed by atoms with Gasteiger partial charge in [-0.3, -0.25) is 9.78 Å². The third kappa shape index (κ3) is 1.89. The van der Waals surface area contributed by atoms with E-state index in [4.69, 9.17) is 10.5 Å². The molecule has 2 rings (SSSR count). The van der Waals surface area contributed by atoms with Crippen LogP contribution >= 0.6 is 0 Å². The number of ether oxygens (including phenoxy) is 1. The molecule has 0 aromatic carbocycles. The van der Waals surface area contributed by atoms with Crippen molar-refractivity contribution < 1.29 is 9.53 Å². The first-order valence-electron chi connectivity index (χ1n) is 5.04. The van der Waals surface area contributed by atoms with Crippen molar-refractivity contribution in [2.75, 3.05) is 18.5 Å². The van der Waals surface area contributed by atoms with Crippen molar-refractivity contribution in [1.29, 1.82) is 0 Å². The zero-order valence-corrected chi connectivity index (χ0v) is 9.01. The Morgan fingerprint density at radius 3 is 3.06 bits per heavy atom. The van der Waals surface area contributed by atoms with Gasteiger partial charge in [-0.15, -0.1) is 0 Å². The van der Waals surface area contributed by atoms with Crippen LogP contribution in [0.3, 0.4) is 0 Å². The van der Waals surface area contributed by atoms with E-state index < -0.39 is 5.41 Å². The summed E-state index contributed by atoms with van der Waals surface area (Å²) in [5, 5.41) is 2.68. The van der Waals surface area contributed by atoms with E-state index in [0.717, 1.165) is 0 Å². The largest absolute Gasteiger partial charge is 0.379 e. The maximum absolute atomic E-state index is 12.0. The van der Waals surface area contributed by atoms with Gasteiger partial charge < -0.3 is 15.8 Å². The highest BCUT2D eigenvalue weighted by Crippen LogP contribution is 2.28. The number of hydrogen-bond acceptors (Lipinski definition) is 5. The number of nitrogens with one attached hydrogen (secondary N) is 1. The van der Waals surface area contributed by atoms with Crippen LogP contribution in [0.5, 0.6) is 0 Å². The first kappa shape index (κ1) is 11.0. The van der Waals surface area contributed by atoms with Crippen molar-refractivity contribution in [3.05, 3.63) is 18.6 Å². The van der Waals surface area contributed by atoms with Gasteiger partial charge in [0.15, 0.2) is 5.82 Å². The molecule has 2 heterocycles. The zero-order chi connectivity index (χ0) is 11.6. The molecule has 1 aliphatic rings. The third-order valence-electron chi connectivity index (χ3n) is 2.84. The molecule has 1 saturated heterocycles. The minimum absolute atomic E-state index is 0.182. The lowest BCUT2D eigenvalue weighted by Gasteiger charge is -2.24. The van der Waals surface area contributed by atoms with Gasteiger partial charge in [-0.05, 0) is 6.92 Å². The minimum Gasteiger partial charge on any atom is -0.379 e. The maximum Gasteiger partial charge on any atom is 0.235 e. The number of nitrogens with two attached hydrogens (primary N) is 1. The van der Waals surface area contributed by atoms with E-state index in [0.29, 0.717) is 19.0 Å². The van der Waals surface area contributed by atoms with Crippen molar-refractivity contribution >= 4 is 11.7 Å². The zero-order valence-electron chi connectivity index (χ0n) is 9.01. The fourth-order valence-corrected chi connectivity index (χ4v) is 1.55. The molecular weight excluding hydrogens is 208 g/mol. The fourth-order valence-electron chi connectivity index (χ4n) is 1.55. The van der Waals surface area contributed by atoms with Crippen LogP contribution in [0.4, 0.5) is 5.82 Å². The number of carbonyl (C=O) groups is 1. The van der Waals surface area contributed by atoms with Gasteiger partial charge in [0, 0.05) is 18.4 Å². The quantitative estimate of drug-likeness (QED) is 0.722. The number of aromatic nitrogens is 2. The molecule has 1 aromatic heterocycles. The summed E-state index contributed by atoms with van der Waals surface area (Å²) in [5.74, 6) is 0.242. The fraction of sp³-hybridized carbons (Fsp3) is 0.500. The van der Waals surface area contributed by atoms with Gasteiger partial charge in [0.05, 0.1) is 24.8 Å². The maximum atomic E-state index is 12.0. The Morgan fingerprint density at radius 1 is 1.69 bits per heavy atom. The summed E-state index contributed by atoms with van der Waals surface area (Å²) in [6, 6.07) is -0.288. The molecule has 3 N–H and O–H groups in total. The SMILES string of the molecule is CC1(C(=O)Nc2cnccn2)COCC1N. The minimum atomic E-state index is -0.697. The number of nitrogens with zero attached hydrogens (tertiary/aromatic N) is 2. The third-order valence-corrected chi connectivity index (χ3v) is 2.84. The van der Waals surface area contributed by atoms with E-state index in [1.54, 1.807) is 13.1 Å². The van der Waals surface area contributed by atoms with Crippen LogP contribution in [-0.2, 0) is 9.53 Å². The number of anilines is 1. The van der Waals surface area contributed by atoms with Crippen LogP contribution < -0.4 is 11.1 Å². The molecule has 1 fully saturated rings. The average molecular weight is 222 g/mol. The lowest BCUT2D eigenvalue weighted by Crippen LogP contribution is -2.47. The van der Waals surface area contributed by atoms with Gasteiger partial charge >= 0.3 is 0 Å². The molecule has 16 heavy (non-hydrogen) atoms. The molecule has 0 bridgehead atoms. The van der Waals surface area contributed by atoms with Crippen LogP contribution in [0.1, 0.15) is 6.92 Å². The molecular formula is C10H14N4O2. The lowest BCUT2D eigenvalue weighted by atomic mass is 9.85. The van der Waals surface area contributed by atoms with Gasteiger partial charge in [0.25, 0.3) is 0 Å². The van der Waals surface area contributed by atoms with E-state index in [1.165, 1.54) is 12.4 Å². The monoisotopic (exact) mass is 222 g/mol. The van der Waals surface area contributed by atoms with Crippen molar-refractivity contribution in [3.8, 4) is 0 Å². The Labute approximate surface area is 93.2 Å². The summed E-state index contributed by atoms with van der Waals surface area (Å²) >= 11 is 0. The van der Waals surface area contributed by atoms with E-state index in [9.17, 15) is 4.79 Å². The van der Waals surface area contributed by atoms with Gasteiger partial charge in [-0.2, -0.15) is 0 Å². The molecule has 1 aromatic rings. The van der Waals surface area contributed by atoms with Crippen molar-refractivity contribution in [2.24, 2.45) is 11.1 Å². The Hall–Kier alpha value is -1.53. The molecule has 1 amide bonds. The van der Waals surface area contributed by atoms with Gasteiger partial charge in [-0.1, -0.05) is 0 Å².